The van der Waals surface area contributed by atoms with Crippen LogP contribution in [0.2, 0.25) is 0 Å². The molecule has 2 heterocycles. The van der Waals surface area contributed by atoms with Crippen LogP contribution in [0.5, 0.6) is 0 Å². The van der Waals surface area contributed by atoms with E-state index in [9.17, 15) is 22.8 Å². The van der Waals surface area contributed by atoms with Gasteiger partial charge < -0.3 is 4.74 Å². The van der Waals surface area contributed by atoms with E-state index in [4.69, 9.17) is 4.74 Å². The maximum atomic E-state index is 13.7. The van der Waals surface area contributed by atoms with Crippen molar-refractivity contribution < 1.29 is 27.5 Å². The van der Waals surface area contributed by atoms with Crippen molar-refractivity contribution in [3.63, 3.8) is 0 Å². The van der Waals surface area contributed by atoms with Gasteiger partial charge in [-0.05, 0) is 31.2 Å². The summed E-state index contributed by atoms with van der Waals surface area (Å²) < 4.78 is 46.3. The summed E-state index contributed by atoms with van der Waals surface area (Å²) in [5.74, 6) is -1.63. The average Bonchev–Trinajstić information content (AvgIpc) is 3.47. The summed E-state index contributed by atoms with van der Waals surface area (Å²) in [6, 6.07) is 14.6. The molecule has 0 atom stereocenters. The number of anilines is 1. The van der Waals surface area contributed by atoms with Crippen molar-refractivity contribution in [2.75, 3.05) is 11.9 Å². The second-order valence-electron chi connectivity index (χ2n) is 6.82. The van der Waals surface area contributed by atoms with Gasteiger partial charge in [-0.2, -0.15) is 18.3 Å². The number of ether oxygens (including phenoxy) is 1. The summed E-state index contributed by atoms with van der Waals surface area (Å²) in [5.41, 5.74) is -0.896. The van der Waals surface area contributed by atoms with Crippen molar-refractivity contribution >= 4 is 28.3 Å². The summed E-state index contributed by atoms with van der Waals surface area (Å²) in [6.45, 7) is 1.41. The molecule has 4 aromatic rings. The van der Waals surface area contributed by atoms with Crippen LogP contribution in [-0.2, 0) is 10.9 Å². The van der Waals surface area contributed by atoms with Gasteiger partial charge in [0.15, 0.2) is 5.69 Å². The van der Waals surface area contributed by atoms with Gasteiger partial charge in [-0.25, -0.2) is 9.48 Å². The quantitative estimate of drug-likeness (QED) is 0.391. The zero-order valence-corrected chi connectivity index (χ0v) is 18.4. The van der Waals surface area contributed by atoms with Gasteiger partial charge in [0.2, 0.25) is 5.13 Å². The highest BCUT2D eigenvalue weighted by atomic mass is 32.1. The van der Waals surface area contributed by atoms with E-state index in [-0.39, 0.29) is 23.0 Å². The molecule has 1 amide bonds. The molecule has 0 aliphatic rings. The Morgan fingerprint density at radius 3 is 2.41 bits per heavy atom. The third-order valence-electron chi connectivity index (χ3n) is 4.57. The number of alkyl halides is 3. The molecule has 34 heavy (non-hydrogen) atoms. The minimum atomic E-state index is -4.86. The van der Waals surface area contributed by atoms with Gasteiger partial charge in [-0.3, -0.25) is 10.1 Å². The Balaban J connectivity index is 1.54. The van der Waals surface area contributed by atoms with Crippen LogP contribution in [0, 0.1) is 0 Å². The molecule has 4 rings (SSSR count). The Bertz CT molecular complexity index is 1320. The minimum absolute atomic E-state index is 0.0155. The fourth-order valence-corrected chi connectivity index (χ4v) is 3.81. The predicted molar refractivity (Wildman–Crippen MR) is 118 cm³/mol. The molecule has 0 bridgehead atoms. The van der Waals surface area contributed by atoms with Crippen molar-refractivity contribution in [3.05, 3.63) is 77.6 Å². The van der Waals surface area contributed by atoms with E-state index in [2.05, 4.69) is 20.6 Å². The number of benzene rings is 2. The lowest BCUT2D eigenvalue weighted by Gasteiger charge is -2.12. The molecule has 174 valence electrons. The molecule has 0 aliphatic heterocycles. The average molecular weight is 487 g/mol. The van der Waals surface area contributed by atoms with Crippen molar-refractivity contribution in [3.8, 4) is 16.3 Å². The first kappa shape index (κ1) is 23.1. The van der Waals surface area contributed by atoms with Crippen molar-refractivity contribution in [1.82, 2.24) is 20.0 Å². The normalized spacial score (nSPS) is 11.3. The van der Waals surface area contributed by atoms with E-state index in [0.717, 1.165) is 11.8 Å². The van der Waals surface area contributed by atoms with Crippen LogP contribution in [0.15, 0.2) is 60.8 Å². The number of nitrogens with zero attached hydrogens (tertiary/aromatic N) is 4. The van der Waals surface area contributed by atoms with Gasteiger partial charge in [0.05, 0.1) is 18.5 Å². The second kappa shape index (κ2) is 9.43. The predicted octanol–water partition coefficient (Wildman–Crippen LogP) is 4.84. The van der Waals surface area contributed by atoms with E-state index in [1.807, 2.05) is 30.3 Å². The second-order valence-corrected chi connectivity index (χ2v) is 7.79. The Morgan fingerprint density at radius 2 is 1.76 bits per heavy atom. The van der Waals surface area contributed by atoms with E-state index in [1.54, 1.807) is 0 Å². The number of rotatable bonds is 6. The standard InChI is InChI=1S/C22H16F3N5O3S/c1-2-33-20(32)16-12-26-30(17(16)22(23,24)25)15-10-8-13(9-11-15)18(31)27-21-29-28-19(34-21)14-6-4-3-5-7-14/h3-12H,2H2,1H3,(H,27,29,31). The SMILES string of the molecule is CCOC(=O)c1cnn(-c2ccc(C(=O)Nc3nnc(-c4ccccc4)s3)cc2)c1C(F)(F)F. The summed E-state index contributed by atoms with van der Waals surface area (Å²) in [4.78, 5) is 24.5. The third-order valence-corrected chi connectivity index (χ3v) is 5.46. The number of halogens is 3. The Kier molecular flexibility index (Phi) is 6.41. The molecule has 2 aromatic heterocycles. The number of hydrogen-bond donors (Lipinski definition) is 1. The van der Waals surface area contributed by atoms with Gasteiger partial charge in [-0.1, -0.05) is 41.7 Å². The van der Waals surface area contributed by atoms with Gasteiger partial charge >= 0.3 is 12.1 Å². The first-order valence-electron chi connectivity index (χ1n) is 9.91. The molecule has 0 fully saturated rings. The van der Waals surface area contributed by atoms with Crippen LogP contribution in [0.25, 0.3) is 16.3 Å². The largest absolute Gasteiger partial charge is 0.462 e. The van der Waals surface area contributed by atoms with Gasteiger partial charge in [0.1, 0.15) is 10.6 Å². The molecule has 2 aromatic carbocycles. The van der Waals surface area contributed by atoms with Crippen molar-refractivity contribution in [2.45, 2.75) is 13.1 Å². The van der Waals surface area contributed by atoms with Crippen LogP contribution in [0.4, 0.5) is 18.3 Å². The molecule has 1 N–H and O–H groups in total. The van der Waals surface area contributed by atoms with Gasteiger partial charge in [0, 0.05) is 11.1 Å². The Hall–Kier alpha value is -4.06. The fourth-order valence-electron chi connectivity index (χ4n) is 3.07. The highest BCUT2D eigenvalue weighted by Gasteiger charge is 2.41. The van der Waals surface area contributed by atoms with Gasteiger partial charge in [-0.15, -0.1) is 10.2 Å². The number of amides is 1. The number of carbonyl (C=O) groups is 2. The minimum Gasteiger partial charge on any atom is -0.462 e. The number of nitrogens with one attached hydrogen (secondary N) is 1. The Labute approximate surface area is 195 Å². The molecular formula is C22H16F3N5O3S. The first-order valence-corrected chi connectivity index (χ1v) is 10.7. The van der Waals surface area contributed by atoms with E-state index >= 15 is 0 Å². The van der Waals surface area contributed by atoms with Crippen LogP contribution < -0.4 is 5.32 Å². The smallest absolute Gasteiger partial charge is 0.434 e. The number of hydrogen-bond acceptors (Lipinski definition) is 7. The zero-order chi connectivity index (χ0) is 24.3. The lowest BCUT2D eigenvalue weighted by Crippen LogP contribution is -2.18. The van der Waals surface area contributed by atoms with Gasteiger partial charge in [0.25, 0.3) is 5.91 Å². The van der Waals surface area contributed by atoms with Crippen LogP contribution >= 0.6 is 11.3 Å². The van der Waals surface area contributed by atoms with Crippen LogP contribution in [0.3, 0.4) is 0 Å². The third kappa shape index (κ3) is 4.81. The molecule has 0 unspecified atom stereocenters. The zero-order valence-electron chi connectivity index (χ0n) is 17.5. The molecule has 0 saturated carbocycles. The number of esters is 1. The highest BCUT2D eigenvalue weighted by Crippen LogP contribution is 2.34. The Morgan fingerprint density at radius 1 is 1.06 bits per heavy atom. The van der Waals surface area contributed by atoms with Crippen LogP contribution in [-0.4, -0.2) is 38.5 Å². The fraction of sp³-hybridized carbons (Fsp3) is 0.136. The molecule has 0 saturated heterocycles. The molecule has 0 radical (unpaired) electrons. The van der Waals surface area contributed by atoms with Crippen molar-refractivity contribution in [1.29, 1.82) is 0 Å². The van der Waals surface area contributed by atoms with E-state index in [1.165, 1.54) is 42.5 Å². The summed E-state index contributed by atoms with van der Waals surface area (Å²) in [6.07, 6.45) is -4.05. The molecule has 12 heteroatoms. The van der Waals surface area contributed by atoms with Crippen LogP contribution in [0.1, 0.15) is 33.3 Å². The lowest BCUT2D eigenvalue weighted by atomic mass is 10.2. The summed E-state index contributed by atoms with van der Waals surface area (Å²) in [5, 5.41) is 15.2. The van der Waals surface area contributed by atoms with E-state index in [0.29, 0.717) is 9.69 Å². The lowest BCUT2D eigenvalue weighted by molar-refractivity contribution is -0.143. The monoisotopic (exact) mass is 487 g/mol. The maximum absolute atomic E-state index is 13.7. The maximum Gasteiger partial charge on any atom is 0.434 e. The highest BCUT2D eigenvalue weighted by molar-refractivity contribution is 7.18. The van der Waals surface area contributed by atoms with Crippen molar-refractivity contribution in [2.24, 2.45) is 0 Å². The number of aromatic nitrogens is 4. The molecule has 8 nitrogen and oxygen atoms in total. The molecule has 0 spiro atoms. The first-order chi connectivity index (χ1) is 16.3. The molecule has 0 aliphatic carbocycles. The number of carbonyl (C=O) groups excluding carboxylic acids is 2. The molecular weight excluding hydrogens is 471 g/mol. The van der Waals surface area contributed by atoms with E-state index < -0.39 is 29.3 Å². The summed E-state index contributed by atoms with van der Waals surface area (Å²) >= 11 is 1.19. The summed E-state index contributed by atoms with van der Waals surface area (Å²) in [7, 11) is 0. The topological polar surface area (TPSA) is 99.0 Å².